The first-order chi connectivity index (χ1) is 13.7. The normalized spacial score (nSPS) is 14.4. The van der Waals surface area contributed by atoms with Crippen LogP contribution in [0.25, 0.3) is 0 Å². The van der Waals surface area contributed by atoms with Crippen molar-refractivity contribution in [1.29, 1.82) is 0 Å². The average molecular weight is 416 g/mol. The largest absolute Gasteiger partial charge is 0.346 e. The van der Waals surface area contributed by atoms with Crippen LogP contribution in [-0.4, -0.2) is 43.8 Å². The highest BCUT2D eigenvalue weighted by Crippen LogP contribution is 2.20. The predicted molar refractivity (Wildman–Crippen MR) is 112 cm³/mol. The van der Waals surface area contributed by atoms with Crippen molar-refractivity contribution in [3.05, 3.63) is 65.2 Å². The van der Waals surface area contributed by atoms with Crippen LogP contribution in [0.5, 0.6) is 0 Å². The Labute approximate surface area is 176 Å². The lowest BCUT2D eigenvalue weighted by Gasteiger charge is -2.23. The van der Waals surface area contributed by atoms with Gasteiger partial charge in [0.2, 0.25) is 0 Å². The summed E-state index contributed by atoms with van der Waals surface area (Å²) in [4.78, 5) is 12.7. The molecule has 1 saturated heterocycles. The molecule has 0 saturated carbocycles. The second-order valence-corrected chi connectivity index (χ2v) is 7.10. The van der Waals surface area contributed by atoms with Crippen LogP contribution in [0.15, 0.2) is 42.7 Å². The minimum atomic E-state index is -0.188. The first-order valence-electron chi connectivity index (χ1n) is 9.67. The number of hydrogen-bond acceptors (Lipinski definition) is 5. The number of carbonyl (C=O) groups excluding carboxylic acids is 1. The van der Waals surface area contributed by atoms with Gasteiger partial charge in [0.05, 0.1) is 18.3 Å². The zero-order chi connectivity index (χ0) is 19.3. The second-order valence-electron chi connectivity index (χ2n) is 7.10. The van der Waals surface area contributed by atoms with Crippen LogP contribution in [0.1, 0.15) is 46.2 Å². The van der Waals surface area contributed by atoms with Gasteiger partial charge in [-0.05, 0) is 50.0 Å². The van der Waals surface area contributed by atoms with E-state index in [0.29, 0.717) is 24.8 Å². The molecule has 4 rings (SSSR count). The molecule has 1 amide bonds. The second kappa shape index (κ2) is 9.67. The number of hydrogen-bond donors (Lipinski definition) is 2. The average Bonchev–Trinajstić information content (AvgIpc) is 3.37. The maximum Gasteiger partial charge on any atom is 0.274 e. The molecule has 1 aliphatic rings. The third kappa shape index (κ3) is 4.83. The molecule has 29 heavy (non-hydrogen) atoms. The standard InChI is InChI=1S/C20H25N7O.ClH/c1-15-19(24-25-27(15)18-7-10-21-11-8-18)20(28)22-13-16-5-2-3-6-17(16)14-26-12-4-9-23-26;/h2-6,9,12,18,21H,7-8,10-11,13-14H2,1H3,(H,22,28);1H. The smallest absolute Gasteiger partial charge is 0.274 e. The van der Waals surface area contributed by atoms with Crippen molar-refractivity contribution in [2.45, 2.75) is 38.9 Å². The highest BCUT2D eigenvalue weighted by molar-refractivity contribution is 5.93. The van der Waals surface area contributed by atoms with Crippen LogP contribution in [0.3, 0.4) is 0 Å². The van der Waals surface area contributed by atoms with Gasteiger partial charge >= 0.3 is 0 Å². The third-order valence-electron chi connectivity index (χ3n) is 5.25. The summed E-state index contributed by atoms with van der Waals surface area (Å²) in [5.74, 6) is -0.188. The monoisotopic (exact) mass is 415 g/mol. The molecule has 0 spiro atoms. The first-order valence-corrected chi connectivity index (χ1v) is 9.67. The third-order valence-corrected chi connectivity index (χ3v) is 5.25. The number of piperidine rings is 1. The van der Waals surface area contributed by atoms with Crippen molar-refractivity contribution in [3.8, 4) is 0 Å². The molecule has 1 aliphatic heterocycles. The van der Waals surface area contributed by atoms with Gasteiger partial charge in [-0.15, -0.1) is 17.5 Å². The molecule has 0 atom stereocenters. The lowest BCUT2D eigenvalue weighted by Crippen LogP contribution is -2.30. The highest BCUT2D eigenvalue weighted by Gasteiger charge is 2.22. The van der Waals surface area contributed by atoms with Crippen molar-refractivity contribution in [2.75, 3.05) is 13.1 Å². The van der Waals surface area contributed by atoms with E-state index >= 15 is 0 Å². The minimum absolute atomic E-state index is 0. The summed E-state index contributed by atoms with van der Waals surface area (Å²) in [7, 11) is 0. The van der Waals surface area contributed by atoms with Gasteiger partial charge in [-0.3, -0.25) is 9.48 Å². The molecule has 9 heteroatoms. The van der Waals surface area contributed by atoms with Crippen molar-refractivity contribution in [2.24, 2.45) is 0 Å². The number of benzene rings is 1. The van der Waals surface area contributed by atoms with Gasteiger partial charge in [-0.1, -0.05) is 29.5 Å². The topological polar surface area (TPSA) is 89.7 Å². The summed E-state index contributed by atoms with van der Waals surface area (Å²) in [6.45, 7) is 4.97. The Morgan fingerprint density at radius 1 is 1.21 bits per heavy atom. The predicted octanol–water partition coefficient (Wildman–Crippen LogP) is 2.11. The van der Waals surface area contributed by atoms with Crippen molar-refractivity contribution < 1.29 is 4.79 Å². The van der Waals surface area contributed by atoms with Crippen molar-refractivity contribution >= 4 is 18.3 Å². The van der Waals surface area contributed by atoms with Gasteiger partial charge in [-0.2, -0.15) is 5.10 Å². The van der Waals surface area contributed by atoms with E-state index < -0.39 is 0 Å². The van der Waals surface area contributed by atoms with E-state index in [1.807, 2.05) is 46.7 Å². The Bertz CT molecular complexity index is 932. The number of nitrogens with zero attached hydrogens (tertiary/aromatic N) is 5. The molecule has 0 bridgehead atoms. The molecule has 3 aromatic rings. The number of halogens is 1. The Morgan fingerprint density at radius 3 is 2.69 bits per heavy atom. The molecular formula is C20H26ClN7O. The number of amides is 1. The Hall–Kier alpha value is -2.71. The summed E-state index contributed by atoms with van der Waals surface area (Å²) in [5.41, 5.74) is 3.42. The lowest BCUT2D eigenvalue weighted by molar-refractivity contribution is 0.0945. The van der Waals surface area contributed by atoms with Crippen LogP contribution in [0, 0.1) is 6.92 Å². The van der Waals surface area contributed by atoms with Crippen LogP contribution in [0.4, 0.5) is 0 Å². The molecule has 0 aliphatic carbocycles. The zero-order valence-corrected chi connectivity index (χ0v) is 17.2. The van der Waals surface area contributed by atoms with Crippen LogP contribution >= 0.6 is 12.4 Å². The van der Waals surface area contributed by atoms with Gasteiger partial charge in [-0.25, -0.2) is 4.68 Å². The molecular weight excluding hydrogens is 390 g/mol. The SMILES string of the molecule is Cc1c(C(=O)NCc2ccccc2Cn2cccn2)nnn1C1CCNCC1.Cl. The Balaban J connectivity index is 0.00000240. The van der Waals surface area contributed by atoms with E-state index in [0.717, 1.165) is 42.8 Å². The fraction of sp³-hybridized carbons (Fsp3) is 0.400. The van der Waals surface area contributed by atoms with E-state index in [1.165, 1.54) is 0 Å². The minimum Gasteiger partial charge on any atom is -0.346 e. The van der Waals surface area contributed by atoms with E-state index in [9.17, 15) is 4.79 Å². The fourth-order valence-electron chi connectivity index (χ4n) is 3.66. The molecule has 2 N–H and O–H groups in total. The molecule has 154 valence electrons. The summed E-state index contributed by atoms with van der Waals surface area (Å²) >= 11 is 0. The number of rotatable bonds is 6. The molecule has 8 nitrogen and oxygen atoms in total. The number of nitrogens with one attached hydrogen (secondary N) is 2. The van der Waals surface area contributed by atoms with Gasteiger partial charge in [0.25, 0.3) is 5.91 Å². The van der Waals surface area contributed by atoms with Crippen LogP contribution < -0.4 is 10.6 Å². The zero-order valence-electron chi connectivity index (χ0n) is 16.4. The fourth-order valence-corrected chi connectivity index (χ4v) is 3.66. The summed E-state index contributed by atoms with van der Waals surface area (Å²) in [5, 5.41) is 19.0. The molecule has 1 fully saturated rings. The van der Waals surface area contributed by atoms with E-state index in [4.69, 9.17) is 0 Å². The first kappa shape index (κ1) is 21.0. The Kier molecular flexibility index (Phi) is 7.00. The molecule has 2 aromatic heterocycles. The quantitative estimate of drug-likeness (QED) is 0.643. The summed E-state index contributed by atoms with van der Waals surface area (Å²) in [6.07, 6.45) is 5.70. The van der Waals surface area contributed by atoms with Crippen LogP contribution in [-0.2, 0) is 13.1 Å². The highest BCUT2D eigenvalue weighted by atomic mass is 35.5. The lowest BCUT2D eigenvalue weighted by atomic mass is 10.1. The van der Waals surface area contributed by atoms with E-state index in [2.05, 4.69) is 32.1 Å². The molecule has 0 unspecified atom stereocenters. The van der Waals surface area contributed by atoms with E-state index in [1.54, 1.807) is 6.20 Å². The number of carbonyl (C=O) groups is 1. The van der Waals surface area contributed by atoms with Crippen LogP contribution in [0.2, 0.25) is 0 Å². The van der Waals surface area contributed by atoms with Gasteiger partial charge in [0.1, 0.15) is 0 Å². The summed E-state index contributed by atoms with van der Waals surface area (Å²) in [6, 6.07) is 10.3. The van der Waals surface area contributed by atoms with Crippen molar-refractivity contribution in [3.63, 3.8) is 0 Å². The maximum atomic E-state index is 12.7. The van der Waals surface area contributed by atoms with Gasteiger partial charge in [0, 0.05) is 18.9 Å². The molecule has 3 heterocycles. The van der Waals surface area contributed by atoms with Gasteiger partial charge < -0.3 is 10.6 Å². The van der Waals surface area contributed by atoms with E-state index in [-0.39, 0.29) is 18.3 Å². The van der Waals surface area contributed by atoms with Crippen molar-refractivity contribution in [1.82, 2.24) is 35.4 Å². The maximum absolute atomic E-state index is 12.7. The Morgan fingerprint density at radius 2 is 1.97 bits per heavy atom. The van der Waals surface area contributed by atoms with Gasteiger partial charge in [0.15, 0.2) is 5.69 Å². The number of aromatic nitrogens is 5. The molecule has 0 radical (unpaired) electrons. The molecule has 1 aromatic carbocycles. The summed E-state index contributed by atoms with van der Waals surface area (Å²) < 4.78 is 3.77.